The van der Waals surface area contributed by atoms with Crippen LogP contribution in [-0.4, -0.2) is 38.3 Å². The predicted octanol–water partition coefficient (Wildman–Crippen LogP) is 6.01. The van der Waals surface area contributed by atoms with Gasteiger partial charge in [0.05, 0.1) is 30.0 Å². The normalized spacial score (nSPS) is 13.4. The van der Waals surface area contributed by atoms with Gasteiger partial charge in [0.25, 0.3) is 10.0 Å². The van der Waals surface area contributed by atoms with Gasteiger partial charge in [-0.1, -0.05) is 11.6 Å². The first-order chi connectivity index (χ1) is 19.2. The maximum Gasteiger partial charge on any atom is 0.374 e. The second kappa shape index (κ2) is 11.4. The van der Waals surface area contributed by atoms with Crippen molar-refractivity contribution in [2.45, 2.75) is 44.7 Å². The third-order valence-electron chi connectivity index (χ3n) is 6.68. The summed E-state index contributed by atoms with van der Waals surface area (Å²) < 4.78 is 45.3. The van der Waals surface area contributed by atoms with Crippen molar-refractivity contribution in [2.75, 3.05) is 17.5 Å². The molecule has 4 aromatic rings. The number of carbonyl (C=O) groups excluding carboxylic acids is 2. The van der Waals surface area contributed by atoms with E-state index in [1.807, 2.05) is 0 Å². The topological polar surface area (TPSA) is 110 Å². The molecule has 0 spiro atoms. The predicted molar refractivity (Wildman–Crippen MR) is 150 cm³/mol. The van der Waals surface area contributed by atoms with Crippen molar-refractivity contribution in [1.29, 1.82) is 0 Å². The van der Waals surface area contributed by atoms with Gasteiger partial charge < -0.3 is 18.5 Å². The summed E-state index contributed by atoms with van der Waals surface area (Å²) in [7, 11) is -4.07. The van der Waals surface area contributed by atoms with Crippen LogP contribution in [0.2, 0.25) is 5.02 Å². The number of amides is 1. The molecule has 1 amide bonds. The second-order valence-electron chi connectivity index (χ2n) is 9.52. The Morgan fingerprint density at radius 3 is 2.52 bits per heavy atom. The fourth-order valence-electron chi connectivity index (χ4n) is 4.59. The fraction of sp³-hybridized carbons (Fsp3) is 0.310. The smallest absolute Gasteiger partial charge is 0.374 e. The molecule has 1 saturated carbocycles. The highest BCUT2D eigenvalue weighted by Gasteiger charge is 2.35. The van der Waals surface area contributed by atoms with Gasteiger partial charge in [-0.2, -0.15) is 0 Å². The van der Waals surface area contributed by atoms with Crippen LogP contribution in [0, 0.1) is 5.92 Å². The van der Waals surface area contributed by atoms with Crippen LogP contribution in [0.15, 0.2) is 74.6 Å². The number of ether oxygens (including phenoxy) is 1. The molecule has 9 nitrogen and oxygen atoms in total. The standard InChI is InChI=1S/C29H29ClN2O7S/c1-3-32(40(35,36)24-11-9-20-15-27(29(34)37-4-2)39-26(20)16-24)25-12-10-22(30)14-21(25)17-31(28(33)19-7-8-19)18-23-6-5-13-38-23/h5-6,9-16,19H,3-4,7-8,17-18H2,1-2H3. The average Bonchev–Trinajstić information content (AvgIpc) is 3.47. The molecule has 0 N–H and O–H groups in total. The van der Waals surface area contributed by atoms with E-state index < -0.39 is 16.0 Å². The maximum absolute atomic E-state index is 13.9. The summed E-state index contributed by atoms with van der Waals surface area (Å²) in [5.41, 5.74) is 1.24. The van der Waals surface area contributed by atoms with E-state index in [0.29, 0.717) is 27.4 Å². The Bertz CT molecular complexity index is 1640. The summed E-state index contributed by atoms with van der Waals surface area (Å²) in [6.07, 6.45) is 3.22. The van der Waals surface area contributed by atoms with E-state index in [1.165, 1.54) is 22.5 Å². The van der Waals surface area contributed by atoms with Gasteiger partial charge in [-0.05, 0) is 80.8 Å². The van der Waals surface area contributed by atoms with Gasteiger partial charge in [-0.25, -0.2) is 13.2 Å². The number of hydrogen-bond donors (Lipinski definition) is 0. The van der Waals surface area contributed by atoms with Gasteiger partial charge in [0.15, 0.2) is 0 Å². The molecule has 0 bridgehead atoms. The molecule has 1 aliphatic rings. The molecule has 40 heavy (non-hydrogen) atoms. The molecule has 0 saturated heterocycles. The van der Waals surface area contributed by atoms with Crippen LogP contribution in [0.5, 0.6) is 0 Å². The SMILES string of the molecule is CCOC(=O)c1cc2ccc(S(=O)(=O)N(CC)c3ccc(Cl)cc3CN(Cc3ccco3)C(=O)C3CC3)cc2o1. The summed E-state index contributed by atoms with van der Waals surface area (Å²) in [5, 5.41) is 0.997. The van der Waals surface area contributed by atoms with E-state index >= 15 is 0 Å². The quantitative estimate of drug-likeness (QED) is 0.198. The number of nitrogens with zero attached hydrogens (tertiary/aromatic N) is 2. The molecule has 1 fully saturated rings. The number of anilines is 1. The zero-order valence-electron chi connectivity index (χ0n) is 22.1. The van der Waals surface area contributed by atoms with Crippen molar-refractivity contribution in [3.63, 3.8) is 0 Å². The molecule has 210 valence electrons. The van der Waals surface area contributed by atoms with Crippen molar-refractivity contribution in [2.24, 2.45) is 5.92 Å². The van der Waals surface area contributed by atoms with Gasteiger partial charge in [0, 0.05) is 35.5 Å². The van der Waals surface area contributed by atoms with Gasteiger partial charge in [0.1, 0.15) is 11.3 Å². The van der Waals surface area contributed by atoms with Crippen LogP contribution in [0.1, 0.15) is 48.6 Å². The zero-order valence-corrected chi connectivity index (χ0v) is 23.7. The number of furan rings is 2. The lowest BCUT2D eigenvalue weighted by molar-refractivity contribution is -0.134. The van der Waals surface area contributed by atoms with E-state index in [2.05, 4.69) is 0 Å². The van der Waals surface area contributed by atoms with Crippen LogP contribution in [0.25, 0.3) is 11.0 Å². The van der Waals surface area contributed by atoms with Crippen LogP contribution in [0.3, 0.4) is 0 Å². The first kappa shape index (κ1) is 27.8. The highest BCUT2D eigenvalue weighted by Crippen LogP contribution is 2.35. The number of sulfonamides is 1. The van der Waals surface area contributed by atoms with Crippen LogP contribution in [0.4, 0.5) is 5.69 Å². The van der Waals surface area contributed by atoms with Crippen LogP contribution >= 0.6 is 11.6 Å². The van der Waals surface area contributed by atoms with Crippen LogP contribution in [-0.2, 0) is 32.6 Å². The van der Waals surface area contributed by atoms with E-state index in [1.54, 1.807) is 61.4 Å². The molecule has 0 unspecified atom stereocenters. The molecule has 5 rings (SSSR count). The zero-order chi connectivity index (χ0) is 28.4. The number of rotatable bonds is 11. The van der Waals surface area contributed by atoms with Crippen molar-refractivity contribution < 1.29 is 31.6 Å². The van der Waals surface area contributed by atoms with E-state index in [0.717, 1.165) is 12.8 Å². The van der Waals surface area contributed by atoms with Gasteiger partial charge in [-0.15, -0.1) is 0 Å². The summed E-state index contributed by atoms with van der Waals surface area (Å²) in [5.74, 6) is -0.0387. The highest BCUT2D eigenvalue weighted by atomic mass is 35.5. The van der Waals surface area contributed by atoms with E-state index in [9.17, 15) is 18.0 Å². The second-order valence-corrected chi connectivity index (χ2v) is 11.8. The van der Waals surface area contributed by atoms with Crippen molar-refractivity contribution >= 4 is 50.2 Å². The lowest BCUT2D eigenvalue weighted by Gasteiger charge is -2.28. The monoisotopic (exact) mass is 584 g/mol. The van der Waals surface area contributed by atoms with Gasteiger partial charge in [-0.3, -0.25) is 9.10 Å². The third-order valence-corrected chi connectivity index (χ3v) is 8.80. The number of benzene rings is 2. The Labute approximate surface area is 237 Å². The molecular weight excluding hydrogens is 556 g/mol. The van der Waals surface area contributed by atoms with E-state index in [4.69, 9.17) is 25.2 Å². The Kier molecular flexibility index (Phi) is 7.91. The molecular formula is C29H29ClN2O7S. The molecule has 2 aromatic carbocycles. The summed E-state index contributed by atoms with van der Waals surface area (Å²) in [4.78, 5) is 27.0. The Hall–Kier alpha value is -3.76. The minimum Gasteiger partial charge on any atom is -0.467 e. The minimum absolute atomic E-state index is 0.00397. The van der Waals surface area contributed by atoms with Crippen molar-refractivity contribution in [1.82, 2.24) is 4.90 Å². The van der Waals surface area contributed by atoms with Crippen molar-refractivity contribution in [3.8, 4) is 0 Å². The van der Waals surface area contributed by atoms with E-state index in [-0.39, 0.29) is 54.3 Å². The Balaban J connectivity index is 1.49. The molecule has 11 heteroatoms. The first-order valence-corrected chi connectivity index (χ1v) is 14.9. The number of halogens is 1. The Morgan fingerprint density at radius 1 is 1.05 bits per heavy atom. The number of hydrogen-bond acceptors (Lipinski definition) is 7. The minimum atomic E-state index is -4.07. The molecule has 0 aliphatic heterocycles. The first-order valence-electron chi connectivity index (χ1n) is 13.0. The summed E-state index contributed by atoms with van der Waals surface area (Å²) in [6.45, 7) is 4.14. The van der Waals surface area contributed by atoms with Crippen molar-refractivity contribution in [3.05, 3.63) is 83.0 Å². The summed E-state index contributed by atoms with van der Waals surface area (Å²) in [6, 6.07) is 14.5. The number of carbonyl (C=O) groups is 2. The summed E-state index contributed by atoms with van der Waals surface area (Å²) >= 11 is 6.35. The van der Waals surface area contributed by atoms with Gasteiger partial charge >= 0.3 is 5.97 Å². The molecule has 2 aromatic heterocycles. The van der Waals surface area contributed by atoms with Gasteiger partial charge in [0.2, 0.25) is 11.7 Å². The molecule has 2 heterocycles. The van der Waals surface area contributed by atoms with Crippen LogP contribution < -0.4 is 4.31 Å². The molecule has 1 aliphatic carbocycles. The number of esters is 1. The third kappa shape index (κ3) is 5.73. The Morgan fingerprint density at radius 2 is 1.85 bits per heavy atom. The highest BCUT2D eigenvalue weighted by molar-refractivity contribution is 7.92. The largest absolute Gasteiger partial charge is 0.467 e. The molecule has 0 atom stereocenters. The number of fused-ring (bicyclic) bond motifs is 1. The lowest BCUT2D eigenvalue weighted by atomic mass is 10.1. The maximum atomic E-state index is 13.9. The fourth-order valence-corrected chi connectivity index (χ4v) is 6.31. The lowest BCUT2D eigenvalue weighted by Crippen LogP contribution is -2.34. The molecule has 0 radical (unpaired) electrons. The average molecular weight is 585 g/mol.